The molecule has 0 aromatic carbocycles. The van der Waals surface area contributed by atoms with Gasteiger partial charge in [-0.25, -0.2) is 0 Å². The van der Waals surface area contributed by atoms with Crippen LogP contribution in [-0.4, -0.2) is 36.6 Å². The van der Waals surface area contributed by atoms with E-state index in [2.05, 4.69) is 18.7 Å². The van der Waals surface area contributed by atoms with Gasteiger partial charge in [-0.05, 0) is 32.6 Å². The van der Waals surface area contributed by atoms with Crippen LogP contribution in [0.25, 0.3) is 0 Å². The van der Waals surface area contributed by atoms with Crippen LogP contribution < -0.4 is 0 Å². The van der Waals surface area contributed by atoms with E-state index in [1.807, 2.05) is 6.92 Å². The fraction of sp³-hybridized carbons (Fsp3) is 0.917. The minimum Gasteiger partial charge on any atom is -0.466 e. The van der Waals surface area contributed by atoms with E-state index in [1.54, 1.807) is 0 Å². The third-order valence-electron chi connectivity index (χ3n) is 3.16. The van der Waals surface area contributed by atoms with Crippen molar-refractivity contribution in [3.8, 4) is 0 Å². The molecule has 1 heterocycles. The molecule has 3 nitrogen and oxygen atoms in total. The molecule has 1 aliphatic rings. The molecule has 1 saturated heterocycles. The summed E-state index contributed by atoms with van der Waals surface area (Å²) in [6.07, 6.45) is 3.10. The Hall–Kier alpha value is -0.570. The zero-order valence-electron chi connectivity index (χ0n) is 10.2. The van der Waals surface area contributed by atoms with Crippen molar-refractivity contribution in [2.24, 2.45) is 5.92 Å². The van der Waals surface area contributed by atoms with Crippen LogP contribution >= 0.6 is 0 Å². The van der Waals surface area contributed by atoms with Gasteiger partial charge in [0.1, 0.15) is 0 Å². The third-order valence-corrected chi connectivity index (χ3v) is 3.16. The van der Waals surface area contributed by atoms with Gasteiger partial charge in [-0.1, -0.05) is 6.92 Å². The molecule has 1 aliphatic heterocycles. The van der Waals surface area contributed by atoms with Gasteiger partial charge in [0.15, 0.2) is 0 Å². The van der Waals surface area contributed by atoms with Crippen molar-refractivity contribution in [3.63, 3.8) is 0 Å². The number of hydrogen-bond acceptors (Lipinski definition) is 3. The summed E-state index contributed by atoms with van der Waals surface area (Å²) in [5, 5.41) is 0. The Morgan fingerprint density at radius 3 is 2.80 bits per heavy atom. The summed E-state index contributed by atoms with van der Waals surface area (Å²) in [5.41, 5.74) is 0. The Balaban J connectivity index is 2.27. The molecular formula is C12H23NO2. The molecule has 2 atom stereocenters. The number of nitrogens with zero attached hydrogens (tertiary/aromatic N) is 1. The van der Waals surface area contributed by atoms with Crippen molar-refractivity contribution in [3.05, 3.63) is 0 Å². The Morgan fingerprint density at radius 2 is 2.13 bits per heavy atom. The van der Waals surface area contributed by atoms with Crippen LogP contribution in [0.5, 0.6) is 0 Å². The van der Waals surface area contributed by atoms with E-state index in [4.69, 9.17) is 4.74 Å². The van der Waals surface area contributed by atoms with Crippen LogP contribution in [0.1, 0.15) is 40.0 Å². The average Bonchev–Trinajstić information content (AvgIpc) is 2.20. The molecule has 88 valence electrons. The number of ether oxygens (including phenoxy) is 1. The first-order valence-corrected chi connectivity index (χ1v) is 6.03. The fourth-order valence-electron chi connectivity index (χ4n) is 2.16. The van der Waals surface area contributed by atoms with Crippen molar-refractivity contribution in [2.75, 3.05) is 19.7 Å². The van der Waals surface area contributed by atoms with Crippen LogP contribution in [0.2, 0.25) is 0 Å². The summed E-state index contributed by atoms with van der Waals surface area (Å²) >= 11 is 0. The zero-order chi connectivity index (χ0) is 11.3. The number of esters is 1. The number of hydrogen-bond donors (Lipinski definition) is 0. The standard InChI is InChI=1S/C12H23NO2/c1-4-15-12(14)7-8-13-9-10(2)5-6-11(13)3/h10-11H,4-9H2,1-3H3. The number of piperidine rings is 1. The van der Waals surface area contributed by atoms with Gasteiger partial charge in [0.25, 0.3) is 0 Å². The highest BCUT2D eigenvalue weighted by molar-refractivity contribution is 5.69. The third kappa shape index (κ3) is 4.20. The van der Waals surface area contributed by atoms with E-state index < -0.39 is 0 Å². The smallest absolute Gasteiger partial charge is 0.307 e. The summed E-state index contributed by atoms with van der Waals surface area (Å²) in [5.74, 6) is 0.700. The van der Waals surface area contributed by atoms with Gasteiger partial charge >= 0.3 is 5.97 Å². The van der Waals surface area contributed by atoms with Crippen molar-refractivity contribution < 1.29 is 9.53 Å². The Kier molecular flexibility index (Phi) is 5.09. The lowest BCUT2D eigenvalue weighted by molar-refractivity contribution is -0.143. The topological polar surface area (TPSA) is 29.5 Å². The second kappa shape index (κ2) is 6.11. The molecular weight excluding hydrogens is 190 g/mol. The Labute approximate surface area is 92.8 Å². The first-order valence-electron chi connectivity index (χ1n) is 6.03. The van der Waals surface area contributed by atoms with Gasteiger partial charge in [0, 0.05) is 19.1 Å². The van der Waals surface area contributed by atoms with Gasteiger partial charge in [-0.3, -0.25) is 9.69 Å². The molecule has 0 spiro atoms. The molecule has 0 radical (unpaired) electrons. The highest BCUT2D eigenvalue weighted by atomic mass is 16.5. The number of carbonyl (C=O) groups is 1. The summed E-state index contributed by atoms with van der Waals surface area (Å²) in [6.45, 7) is 8.85. The van der Waals surface area contributed by atoms with Gasteiger partial charge in [-0.15, -0.1) is 0 Å². The molecule has 1 fully saturated rings. The van der Waals surface area contributed by atoms with Crippen molar-refractivity contribution in [1.29, 1.82) is 0 Å². The van der Waals surface area contributed by atoms with Crippen molar-refractivity contribution in [2.45, 2.75) is 46.1 Å². The number of carbonyl (C=O) groups excluding carboxylic acids is 1. The largest absolute Gasteiger partial charge is 0.466 e. The van der Waals surface area contributed by atoms with Gasteiger partial charge in [0.2, 0.25) is 0 Å². The minimum absolute atomic E-state index is 0.0667. The summed E-state index contributed by atoms with van der Waals surface area (Å²) in [4.78, 5) is 13.6. The highest BCUT2D eigenvalue weighted by Gasteiger charge is 2.22. The Morgan fingerprint density at radius 1 is 1.40 bits per heavy atom. The van der Waals surface area contributed by atoms with Crippen LogP contribution in [-0.2, 0) is 9.53 Å². The molecule has 0 saturated carbocycles. The van der Waals surface area contributed by atoms with Gasteiger partial charge in [0.05, 0.1) is 13.0 Å². The maximum Gasteiger partial charge on any atom is 0.307 e. The number of likely N-dealkylation sites (tertiary alicyclic amines) is 1. The quantitative estimate of drug-likeness (QED) is 0.669. The maximum atomic E-state index is 11.2. The van der Waals surface area contributed by atoms with E-state index in [9.17, 15) is 4.79 Å². The van der Waals surface area contributed by atoms with Crippen LogP contribution in [0.15, 0.2) is 0 Å². The highest BCUT2D eigenvalue weighted by Crippen LogP contribution is 2.21. The molecule has 0 aliphatic carbocycles. The Bertz CT molecular complexity index is 206. The predicted octanol–water partition coefficient (Wildman–Crippen LogP) is 2.06. The fourth-order valence-corrected chi connectivity index (χ4v) is 2.16. The van der Waals surface area contributed by atoms with E-state index in [-0.39, 0.29) is 5.97 Å². The molecule has 0 aromatic rings. The average molecular weight is 213 g/mol. The second-order valence-electron chi connectivity index (χ2n) is 4.58. The lowest BCUT2D eigenvalue weighted by Crippen LogP contribution is -2.42. The van der Waals surface area contributed by atoms with Crippen LogP contribution in [0.4, 0.5) is 0 Å². The summed E-state index contributed by atoms with van der Waals surface area (Å²) in [7, 11) is 0. The van der Waals surface area contributed by atoms with Crippen molar-refractivity contribution in [1.82, 2.24) is 4.90 Å². The van der Waals surface area contributed by atoms with Crippen LogP contribution in [0.3, 0.4) is 0 Å². The minimum atomic E-state index is -0.0667. The van der Waals surface area contributed by atoms with Gasteiger partial charge < -0.3 is 4.74 Å². The van der Waals surface area contributed by atoms with Crippen molar-refractivity contribution >= 4 is 5.97 Å². The SMILES string of the molecule is CCOC(=O)CCN1CC(C)CCC1C. The van der Waals surface area contributed by atoms with E-state index in [0.717, 1.165) is 19.0 Å². The molecule has 15 heavy (non-hydrogen) atoms. The lowest BCUT2D eigenvalue weighted by Gasteiger charge is -2.36. The molecule has 1 rings (SSSR count). The van der Waals surface area contributed by atoms with E-state index in [1.165, 1.54) is 12.8 Å². The molecule has 0 bridgehead atoms. The molecule has 0 amide bonds. The second-order valence-corrected chi connectivity index (χ2v) is 4.58. The first kappa shape index (κ1) is 12.5. The zero-order valence-corrected chi connectivity index (χ0v) is 10.2. The predicted molar refractivity (Wildman–Crippen MR) is 60.7 cm³/mol. The monoisotopic (exact) mass is 213 g/mol. The maximum absolute atomic E-state index is 11.2. The van der Waals surface area contributed by atoms with E-state index in [0.29, 0.717) is 19.1 Å². The molecule has 3 heteroatoms. The normalized spacial score (nSPS) is 27.7. The van der Waals surface area contributed by atoms with Crippen LogP contribution in [0, 0.1) is 5.92 Å². The lowest BCUT2D eigenvalue weighted by atomic mass is 9.95. The molecule has 0 aromatic heterocycles. The van der Waals surface area contributed by atoms with E-state index >= 15 is 0 Å². The number of rotatable bonds is 4. The van der Waals surface area contributed by atoms with Gasteiger partial charge in [-0.2, -0.15) is 0 Å². The summed E-state index contributed by atoms with van der Waals surface area (Å²) in [6, 6.07) is 0.621. The molecule has 0 N–H and O–H groups in total. The molecule has 2 unspecified atom stereocenters. The first-order chi connectivity index (χ1) is 7.13. The summed E-state index contributed by atoms with van der Waals surface area (Å²) < 4.78 is 4.93.